The molecule has 2 aromatic carbocycles. The number of hydrogen-bond donors (Lipinski definition) is 0. The van der Waals surface area contributed by atoms with Gasteiger partial charge >= 0.3 is 0 Å². The van der Waals surface area contributed by atoms with E-state index in [0.717, 1.165) is 16.7 Å². The van der Waals surface area contributed by atoms with E-state index in [-0.39, 0.29) is 11.2 Å². The number of aromatic nitrogens is 4. The number of ether oxygens (including phenoxy) is 3. The molecule has 0 saturated carbocycles. The Bertz CT molecular complexity index is 1600. The summed E-state index contributed by atoms with van der Waals surface area (Å²) in [5.74, 6) is 2.54. The third-order valence-electron chi connectivity index (χ3n) is 7.19. The van der Waals surface area contributed by atoms with Crippen LogP contribution < -0.4 is 14.2 Å². The molecule has 0 unspecified atom stereocenters. The first-order valence-corrected chi connectivity index (χ1v) is 12.3. The molecule has 2 aromatic heterocycles. The van der Waals surface area contributed by atoms with Crippen LogP contribution in [0.2, 0.25) is 0 Å². The van der Waals surface area contributed by atoms with Crippen molar-refractivity contribution in [3.63, 3.8) is 0 Å². The van der Waals surface area contributed by atoms with Crippen molar-refractivity contribution in [3.8, 4) is 28.8 Å². The zero-order valence-corrected chi connectivity index (χ0v) is 21.5. The standard InChI is InChI=1S/C29H28N4O4/c1-16-8-6-7-9-18(16)26-31-27-25-23(17-10-11-20(35-4)21(12-17)36-5)24-19(34)13-29(2,3)14-22(24)37-28(25)30-15-33(27)32-26/h6-12,15,23H,13-14H2,1-5H3/t23-/m0/s1. The van der Waals surface area contributed by atoms with Gasteiger partial charge in [-0.3, -0.25) is 4.79 Å². The number of carbonyl (C=O) groups excluding carboxylic acids is 1. The van der Waals surface area contributed by atoms with E-state index < -0.39 is 5.92 Å². The van der Waals surface area contributed by atoms with Gasteiger partial charge in [-0.2, -0.15) is 0 Å². The minimum Gasteiger partial charge on any atom is -0.493 e. The fourth-order valence-electron chi connectivity index (χ4n) is 5.45. The van der Waals surface area contributed by atoms with Gasteiger partial charge in [0.25, 0.3) is 0 Å². The smallest absolute Gasteiger partial charge is 0.228 e. The largest absolute Gasteiger partial charge is 0.493 e. The van der Waals surface area contributed by atoms with Crippen molar-refractivity contribution >= 4 is 11.4 Å². The number of methoxy groups -OCH3 is 2. The van der Waals surface area contributed by atoms with E-state index in [1.165, 1.54) is 0 Å². The monoisotopic (exact) mass is 496 g/mol. The van der Waals surface area contributed by atoms with Gasteiger partial charge in [0.05, 0.1) is 25.7 Å². The molecule has 1 atom stereocenters. The van der Waals surface area contributed by atoms with E-state index in [9.17, 15) is 4.79 Å². The van der Waals surface area contributed by atoms with Gasteiger partial charge in [0, 0.05) is 24.0 Å². The lowest BCUT2D eigenvalue weighted by Crippen LogP contribution is -2.33. The van der Waals surface area contributed by atoms with Crippen LogP contribution in [0.4, 0.5) is 0 Å². The molecule has 2 aliphatic rings. The van der Waals surface area contributed by atoms with Crippen LogP contribution in [0.15, 0.2) is 60.1 Å². The molecule has 0 N–H and O–H groups in total. The van der Waals surface area contributed by atoms with Crippen molar-refractivity contribution in [2.45, 2.75) is 39.5 Å². The van der Waals surface area contributed by atoms with Crippen molar-refractivity contribution in [1.29, 1.82) is 0 Å². The molecule has 0 spiro atoms. The summed E-state index contributed by atoms with van der Waals surface area (Å²) in [5, 5.41) is 4.73. The van der Waals surface area contributed by atoms with E-state index in [4.69, 9.17) is 24.3 Å². The van der Waals surface area contributed by atoms with Gasteiger partial charge in [0.1, 0.15) is 12.1 Å². The van der Waals surface area contributed by atoms with Crippen LogP contribution in [0.3, 0.4) is 0 Å². The highest BCUT2D eigenvalue weighted by Crippen LogP contribution is 2.51. The first-order valence-electron chi connectivity index (χ1n) is 12.3. The molecular formula is C29H28N4O4. The molecular weight excluding hydrogens is 468 g/mol. The van der Waals surface area contributed by atoms with Crippen molar-refractivity contribution in [2.24, 2.45) is 5.41 Å². The number of rotatable bonds is 4. The molecule has 0 saturated heterocycles. The Morgan fingerprint density at radius 2 is 1.84 bits per heavy atom. The van der Waals surface area contributed by atoms with Gasteiger partial charge in [0.2, 0.25) is 5.88 Å². The molecule has 0 amide bonds. The second-order valence-corrected chi connectivity index (χ2v) is 10.4. The predicted molar refractivity (Wildman–Crippen MR) is 138 cm³/mol. The van der Waals surface area contributed by atoms with Crippen LogP contribution in [0.5, 0.6) is 17.4 Å². The molecule has 0 radical (unpaired) electrons. The Balaban J connectivity index is 1.62. The summed E-state index contributed by atoms with van der Waals surface area (Å²) in [4.78, 5) is 23.2. The lowest BCUT2D eigenvalue weighted by molar-refractivity contribution is -0.118. The maximum atomic E-state index is 13.7. The highest BCUT2D eigenvalue weighted by atomic mass is 16.5. The summed E-state index contributed by atoms with van der Waals surface area (Å²) in [6, 6.07) is 13.7. The summed E-state index contributed by atoms with van der Waals surface area (Å²) < 4.78 is 19.1. The number of nitrogens with zero attached hydrogens (tertiary/aromatic N) is 4. The van der Waals surface area contributed by atoms with Crippen LogP contribution in [0, 0.1) is 12.3 Å². The summed E-state index contributed by atoms with van der Waals surface area (Å²) >= 11 is 0. The molecule has 6 rings (SSSR count). The summed E-state index contributed by atoms with van der Waals surface area (Å²) in [7, 11) is 3.21. The zero-order valence-electron chi connectivity index (χ0n) is 21.5. The summed E-state index contributed by atoms with van der Waals surface area (Å²) in [6.07, 6.45) is 2.70. The lowest BCUT2D eigenvalue weighted by Gasteiger charge is -2.37. The van der Waals surface area contributed by atoms with Crippen LogP contribution in [-0.2, 0) is 4.79 Å². The van der Waals surface area contributed by atoms with Crippen molar-refractivity contribution < 1.29 is 19.0 Å². The van der Waals surface area contributed by atoms with E-state index in [2.05, 4.69) is 18.8 Å². The number of hydrogen-bond acceptors (Lipinski definition) is 7. The number of carbonyl (C=O) groups is 1. The number of benzene rings is 2. The number of allylic oxidation sites excluding steroid dienone is 2. The molecule has 37 heavy (non-hydrogen) atoms. The maximum absolute atomic E-state index is 13.7. The third-order valence-corrected chi connectivity index (χ3v) is 7.19. The number of aryl methyl sites for hydroxylation is 1. The van der Waals surface area contributed by atoms with E-state index in [1.54, 1.807) is 25.1 Å². The van der Waals surface area contributed by atoms with E-state index >= 15 is 0 Å². The molecule has 188 valence electrons. The first-order chi connectivity index (χ1) is 17.8. The Kier molecular flexibility index (Phi) is 5.29. The molecule has 3 heterocycles. The SMILES string of the molecule is COc1ccc([C@H]2C3=C(CC(C)(C)CC3=O)Oc3ncn4nc(-c5ccccc5C)nc4c32)cc1OC. The first kappa shape index (κ1) is 23.2. The number of Topliss-reactive ketones (excluding diaryl/α,β-unsaturated/α-hetero) is 1. The van der Waals surface area contributed by atoms with Crippen LogP contribution in [0.1, 0.15) is 49.3 Å². The average molecular weight is 497 g/mol. The predicted octanol–water partition coefficient (Wildman–Crippen LogP) is 5.28. The molecule has 4 aromatic rings. The van der Waals surface area contributed by atoms with E-state index in [0.29, 0.717) is 58.6 Å². The van der Waals surface area contributed by atoms with Crippen molar-refractivity contribution in [1.82, 2.24) is 19.6 Å². The normalized spacial score (nSPS) is 18.3. The van der Waals surface area contributed by atoms with Crippen LogP contribution >= 0.6 is 0 Å². The maximum Gasteiger partial charge on any atom is 0.228 e. The second-order valence-electron chi connectivity index (χ2n) is 10.4. The Morgan fingerprint density at radius 1 is 1.05 bits per heavy atom. The minimum absolute atomic E-state index is 0.0670. The van der Waals surface area contributed by atoms with Gasteiger partial charge in [-0.1, -0.05) is 44.2 Å². The topological polar surface area (TPSA) is 87.8 Å². The molecule has 1 aliphatic heterocycles. The van der Waals surface area contributed by atoms with Gasteiger partial charge in [-0.15, -0.1) is 5.10 Å². The number of fused-ring (bicyclic) bond motifs is 3. The fourth-order valence-corrected chi connectivity index (χ4v) is 5.45. The van der Waals surface area contributed by atoms with E-state index in [1.807, 2.05) is 49.4 Å². The average Bonchev–Trinajstić information content (AvgIpc) is 3.31. The lowest BCUT2D eigenvalue weighted by atomic mass is 9.70. The van der Waals surface area contributed by atoms with Gasteiger partial charge in [0.15, 0.2) is 28.8 Å². The van der Waals surface area contributed by atoms with Gasteiger partial charge < -0.3 is 14.2 Å². The third kappa shape index (κ3) is 3.75. The minimum atomic E-state index is -0.438. The quantitative estimate of drug-likeness (QED) is 0.380. The zero-order chi connectivity index (χ0) is 25.9. The Labute approximate surface area is 214 Å². The van der Waals surface area contributed by atoms with Crippen LogP contribution in [-0.4, -0.2) is 39.6 Å². The number of ketones is 1. The summed E-state index contributed by atoms with van der Waals surface area (Å²) in [6.45, 7) is 6.20. The Morgan fingerprint density at radius 3 is 2.59 bits per heavy atom. The van der Waals surface area contributed by atoms with Gasteiger partial charge in [-0.05, 0) is 35.6 Å². The molecule has 8 heteroatoms. The molecule has 1 aliphatic carbocycles. The van der Waals surface area contributed by atoms with Crippen molar-refractivity contribution in [2.75, 3.05) is 14.2 Å². The second kappa shape index (κ2) is 8.44. The van der Waals surface area contributed by atoms with Gasteiger partial charge in [-0.25, -0.2) is 14.5 Å². The summed E-state index contributed by atoms with van der Waals surface area (Å²) in [5.41, 5.74) is 4.65. The molecule has 8 nitrogen and oxygen atoms in total. The molecule has 0 fully saturated rings. The van der Waals surface area contributed by atoms with Crippen molar-refractivity contribution in [3.05, 3.63) is 76.8 Å². The Hall–Kier alpha value is -4.20. The highest BCUT2D eigenvalue weighted by molar-refractivity contribution is 6.00. The molecule has 0 bridgehead atoms. The van der Waals surface area contributed by atoms with Crippen LogP contribution in [0.25, 0.3) is 17.0 Å². The fraction of sp³-hybridized carbons (Fsp3) is 0.310. The highest BCUT2D eigenvalue weighted by Gasteiger charge is 2.44.